The van der Waals surface area contributed by atoms with Crippen LogP contribution in [0.4, 0.5) is 5.69 Å². The molecule has 2 rings (SSSR count). The average molecular weight is 332 g/mol. The van der Waals surface area contributed by atoms with Gasteiger partial charge in [0.1, 0.15) is 5.75 Å². The lowest BCUT2D eigenvalue weighted by molar-refractivity contribution is 0.0950. The van der Waals surface area contributed by atoms with Crippen molar-refractivity contribution in [3.8, 4) is 5.75 Å². The summed E-state index contributed by atoms with van der Waals surface area (Å²) in [5.74, 6) is 1.17. The molecule has 0 spiro atoms. The zero-order chi connectivity index (χ0) is 16.7. The molecule has 0 bridgehead atoms. The molecule has 0 aliphatic carbocycles. The first-order chi connectivity index (χ1) is 11.0. The van der Waals surface area contributed by atoms with Crippen molar-refractivity contribution in [1.29, 1.82) is 0 Å². The van der Waals surface area contributed by atoms with Crippen LogP contribution in [0.25, 0.3) is 0 Å². The summed E-state index contributed by atoms with van der Waals surface area (Å²) in [6.07, 6.45) is 2.43. The Hall–Kier alpha value is -2.34. The van der Waals surface area contributed by atoms with Gasteiger partial charge in [0.2, 0.25) is 0 Å². The van der Waals surface area contributed by atoms with E-state index in [2.05, 4.69) is 24.5 Å². The van der Waals surface area contributed by atoms with Crippen molar-refractivity contribution < 1.29 is 13.9 Å². The summed E-state index contributed by atoms with van der Waals surface area (Å²) in [4.78, 5) is 11.8. The quantitative estimate of drug-likeness (QED) is 0.787. The molecule has 1 aromatic carbocycles. The summed E-state index contributed by atoms with van der Waals surface area (Å²) in [6, 6.07) is 10.6. The molecule has 0 atom stereocenters. The number of amides is 1. The monoisotopic (exact) mass is 332 g/mol. The topological polar surface area (TPSA) is 63.5 Å². The van der Waals surface area contributed by atoms with Gasteiger partial charge in [-0.1, -0.05) is 19.9 Å². The van der Waals surface area contributed by atoms with Gasteiger partial charge in [-0.15, -0.1) is 0 Å². The van der Waals surface area contributed by atoms with E-state index in [-0.39, 0.29) is 10.9 Å². The first-order valence-corrected chi connectivity index (χ1v) is 7.84. The Balaban J connectivity index is 1.87. The Morgan fingerprint density at radius 1 is 1.30 bits per heavy atom. The van der Waals surface area contributed by atoms with Gasteiger partial charge in [0, 0.05) is 11.8 Å². The van der Waals surface area contributed by atoms with E-state index < -0.39 is 5.91 Å². The molecule has 0 aliphatic rings. The molecule has 0 saturated heterocycles. The first kappa shape index (κ1) is 17.0. The third-order valence-electron chi connectivity index (χ3n) is 3.03. The summed E-state index contributed by atoms with van der Waals surface area (Å²) >= 11 is 5.13. The summed E-state index contributed by atoms with van der Waals surface area (Å²) in [5, 5.41) is 5.71. The Labute approximate surface area is 141 Å². The number of benzene rings is 1. The highest BCUT2D eigenvalue weighted by Gasteiger charge is 2.10. The Morgan fingerprint density at radius 2 is 2.13 bits per heavy atom. The van der Waals surface area contributed by atoms with Crippen LogP contribution in [0.2, 0.25) is 0 Å². The highest BCUT2D eigenvalue weighted by Crippen LogP contribution is 2.18. The molecule has 1 aromatic heterocycles. The van der Waals surface area contributed by atoms with Crippen molar-refractivity contribution in [2.45, 2.75) is 20.3 Å². The molecular weight excluding hydrogens is 312 g/mol. The summed E-state index contributed by atoms with van der Waals surface area (Å²) in [7, 11) is 0. The lowest BCUT2D eigenvalue weighted by Crippen LogP contribution is -2.33. The molecule has 5 nitrogen and oxygen atoms in total. The van der Waals surface area contributed by atoms with Gasteiger partial charge in [0.25, 0.3) is 5.91 Å². The van der Waals surface area contributed by atoms with E-state index in [0.717, 1.165) is 17.9 Å². The van der Waals surface area contributed by atoms with Crippen molar-refractivity contribution in [2.75, 3.05) is 11.9 Å². The fourth-order valence-corrected chi connectivity index (χ4v) is 2.02. The minimum atomic E-state index is -0.392. The van der Waals surface area contributed by atoms with E-state index in [0.29, 0.717) is 12.5 Å². The van der Waals surface area contributed by atoms with Gasteiger partial charge >= 0.3 is 0 Å². The van der Waals surface area contributed by atoms with Crippen LogP contribution < -0.4 is 15.4 Å². The molecule has 23 heavy (non-hydrogen) atoms. The van der Waals surface area contributed by atoms with Gasteiger partial charge in [0.15, 0.2) is 10.9 Å². The van der Waals surface area contributed by atoms with Crippen LogP contribution in [0.5, 0.6) is 5.75 Å². The largest absolute Gasteiger partial charge is 0.494 e. The predicted molar refractivity (Wildman–Crippen MR) is 93.8 cm³/mol. The maximum absolute atomic E-state index is 11.8. The van der Waals surface area contributed by atoms with Crippen LogP contribution in [0.3, 0.4) is 0 Å². The Morgan fingerprint density at radius 3 is 2.83 bits per heavy atom. The van der Waals surface area contributed by atoms with Crippen molar-refractivity contribution >= 4 is 28.9 Å². The Kier molecular flexibility index (Phi) is 6.17. The molecule has 0 radical (unpaired) electrons. The summed E-state index contributed by atoms with van der Waals surface area (Å²) in [6.45, 7) is 4.98. The minimum Gasteiger partial charge on any atom is -0.494 e. The zero-order valence-electron chi connectivity index (χ0n) is 13.2. The number of thiocarbonyl (C=S) groups is 1. The molecule has 0 aliphatic heterocycles. The highest BCUT2D eigenvalue weighted by molar-refractivity contribution is 7.80. The van der Waals surface area contributed by atoms with Gasteiger partial charge in [-0.3, -0.25) is 10.1 Å². The van der Waals surface area contributed by atoms with E-state index in [4.69, 9.17) is 21.4 Å². The van der Waals surface area contributed by atoms with Crippen LogP contribution in [0.1, 0.15) is 30.8 Å². The van der Waals surface area contributed by atoms with Crippen LogP contribution in [-0.2, 0) is 0 Å². The predicted octanol–water partition coefficient (Wildman–Crippen LogP) is 3.83. The van der Waals surface area contributed by atoms with Crippen LogP contribution in [0, 0.1) is 5.92 Å². The van der Waals surface area contributed by atoms with Crippen LogP contribution in [-0.4, -0.2) is 17.6 Å². The van der Waals surface area contributed by atoms with Gasteiger partial charge in [-0.05, 0) is 48.8 Å². The second kappa shape index (κ2) is 8.33. The second-order valence-corrected chi connectivity index (χ2v) is 5.85. The number of hydrogen-bond donors (Lipinski definition) is 2. The fourth-order valence-electron chi connectivity index (χ4n) is 1.81. The van der Waals surface area contributed by atoms with Crippen LogP contribution in [0.15, 0.2) is 47.1 Å². The molecule has 1 heterocycles. The van der Waals surface area contributed by atoms with E-state index in [1.54, 1.807) is 12.1 Å². The third kappa shape index (κ3) is 5.75. The second-order valence-electron chi connectivity index (χ2n) is 5.44. The van der Waals surface area contributed by atoms with Gasteiger partial charge in [0.05, 0.1) is 12.9 Å². The lowest BCUT2D eigenvalue weighted by Gasteiger charge is -2.11. The number of rotatable bonds is 6. The lowest BCUT2D eigenvalue weighted by atomic mass is 10.1. The molecule has 0 fully saturated rings. The molecule has 2 N–H and O–H groups in total. The van der Waals surface area contributed by atoms with E-state index >= 15 is 0 Å². The van der Waals surface area contributed by atoms with Gasteiger partial charge < -0.3 is 14.5 Å². The van der Waals surface area contributed by atoms with E-state index in [1.807, 2.05) is 24.3 Å². The van der Waals surface area contributed by atoms with Crippen molar-refractivity contribution in [2.24, 2.45) is 5.92 Å². The summed E-state index contributed by atoms with van der Waals surface area (Å²) in [5.41, 5.74) is 0.747. The first-order valence-electron chi connectivity index (χ1n) is 7.43. The van der Waals surface area contributed by atoms with Gasteiger partial charge in [-0.2, -0.15) is 0 Å². The number of hydrogen-bond acceptors (Lipinski definition) is 4. The smallest absolute Gasteiger partial charge is 0.293 e. The molecule has 0 unspecified atom stereocenters. The number of furan rings is 1. The molecular formula is C17H20N2O3S. The normalized spacial score (nSPS) is 10.4. The molecule has 122 valence electrons. The average Bonchev–Trinajstić information content (AvgIpc) is 3.01. The number of nitrogens with one attached hydrogen (secondary N) is 2. The number of anilines is 1. The van der Waals surface area contributed by atoms with Crippen molar-refractivity contribution in [3.05, 3.63) is 48.4 Å². The molecule has 1 amide bonds. The maximum atomic E-state index is 11.8. The molecule has 6 heteroatoms. The number of ether oxygens (including phenoxy) is 1. The van der Waals surface area contributed by atoms with Gasteiger partial charge in [-0.25, -0.2) is 0 Å². The SMILES string of the molecule is CC(C)CCOc1cccc(NC(=S)NC(=O)c2ccco2)c1. The summed E-state index contributed by atoms with van der Waals surface area (Å²) < 4.78 is 10.7. The number of carbonyl (C=O) groups is 1. The minimum absolute atomic E-state index is 0.200. The molecule has 2 aromatic rings. The van der Waals surface area contributed by atoms with E-state index in [1.165, 1.54) is 6.26 Å². The van der Waals surface area contributed by atoms with Crippen LogP contribution >= 0.6 is 12.2 Å². The number of carbonyl (C=O) groups excluding carboxylic acids is 1. The van der Waals surface area contributed by atoms with Crippen molar-refractivity contribution in [3.63, 3.8) is 0 Å². The third-order valence-corrected chi connectivity index (χ3v) is 3.23. The zero-order valence-corrected chi connectivity index (χ0v) is 14.0. The van der Waals surface area contributed by atoms with Crippen molar-refractivity contribution in [1.82, 2.24) is 5.32 Å². The highest BCUT2D eigenvalue weighted by atomic mass is 32.1. The van der Waals surface area contributed by atoms with E-state index in [9.17, 15) is 4.79 Å². The Bertz CT molecular complexity index is 654. The maximum Gasteiger partial charge on any atom is 0.293 e. The standard InChI is InChI=1S/C17H20N2O3S/c1-12(2)8-10-21-14-6-3-5-13(11-14)18-17(23)19-16(20)15-7-4-9-22-15/h3-7,9,11-12H,8,10H2,1-2H3,(H2,18,19,20,23). The molecule has 0 saturated carbocycles. The fraction of sp³-hybridized carbons (Fsp3) is 0.294.